The maximum atomic E-state index is 10.7. The van der Waals surface area contributed by atoms with Crippen LogP contribution in [-0.4, -0.2) is 13.4 Å². The van der Waals surface area contributed by atoms with Crippen LogP contribution in [0.4, 0.5) is 0 Å². The lowest BCUT2D eigenvalue weighted by atomic mass is 10.1. The molecule has 0 aromatic heterocycles. The number of benzene rings is 1. The molecule has 1 aromatic rings. The molecular weight excluding hydrogens is 154 g/mol. The molecule has 0 spiro atoms. The van der Waals surface area contributed by atoms with E-state index in [2.05, 4.69) is 0 Å². The first kappa shape index (κ1) is 6.86. The first-order valence-corrected chi connectivity index (χ1v) is 3.28. The van der Waals surface area contributed by atoms with Gasteiger partial charge in [-0.05, 0) is 18.2 Å². The number of carbonyl (C=O) groups is 1. The number of nitrogens with zero attached hydrogens (tertiary/aromatic N) is 1. The lowest BCUT2D eigenvalue weighted by molar-refractivity contribution is 0.112. The van der Waals surface area contributed by atoms with Crippen molar-refractivity contribution in [3.05, 3.63) is 29.3 Å². The minimum absolute atomic E-state index is 0.168. The number of carbonyl (C=O) groups excluding carboxylic acids is 1. The predicted octanol–water partition coefficient (Wildman–Crippen LogP) is 1.38. The van der Waals surface area contributed by atoms with Gasteiger partial charge in [0.25, 0.3) is 0 Å². The topological polar surface area (TPSA) is 50.1 Å². The van der Waals surface area contributed by atoms with Gasteiger partial charge in [0, 0.05) is 0 Å². The van der Waals surface area contributed by atoms with Crippen LogP contribution in [-0.2, 0) is 0 Å². The van der Waals surface area contributed by atoms with Crippen molar-refractivity contribution in [1.29, 1.82) is 5.26 Å². The SMILES string of the molecule is [2H]C(=O)c1ccc(C#N)cc1OC. The Morgan fingerprint density at radius 3 is 3.00 bits per heavy atom. The van der Waals surface area contributed by atoms with Gasteiger partial charge in [0.05, 0.1) is 24.3 Å². The number of ether oxygens (including phenoxy) is 1. The Hall–Kier alpha value is -1.82. The van der Waals surface area contributed by atoms with Crippen LogP contribution in [0.2, 0.25) is 0 Å². The van der Waals surface area contributed by atoms with Crippen LogP contribution in [0.25, 0.3) is 0 Å². The number of hydrogen-bond donors (Lipinski definition) is 0. The van der Waals surface area contributed by atoms with Gasteiger partial charge in [-0.2, -0.15) is 5.26 Å². The van der Waals surface area contributed by atoms with E-state index in [0.29, 0.717) is 5.56 Å². The number of methoxy groups -OCH3 is 1. The minimum Gasteiger partial charge on any atom is -0.496 e. The molecule has 0 bridgehead atoms. The predicted molar refractivity (Wildman–Crippen MR) is 43.1 cm³/mol. The summed E-state index contributed by atoms with van der Waals surface area (Å²) in [6.07, 6.45) is -0.818. The summed E-state index contributed by atoms with van der Waals surface area (Å²) in [7, 11) is 1.39. The summed E-state index contributed by atoms with van der Waals surface area (Å²) in [5, 5.41) is 8.55. The van der Waals surface area contributed by atoms with Gasteiger partial charge in [-0.1, -0.05) is 0 Å². The standard InChI is InChI=1S/C9H7NO2/c1-12-9-4-7(5-10)2-3-8(9)6-11/h2-4,6H,1H3/i6D. The third-order valence-corrected chi connectivity index (χ3v) is 1.44. The van der Waals surface area contributed by atoms with Crippen LogP contribution in [0.1, 0.15) is 17.3 Å². The van der Waals surface area contributed by atoms with E-state index in [9.17, 15) is 4.79 Å². The molecule has 0 unspecified atom stereocenters. The molecule has 0 saturated heterocycles. The molecule has 0 aliphatic carbocycles. The largest absolute Gasteiger partial charge is 0.496 e. The van der Waals surface area contributed by atoms with E-state index in [1.54, 1.807) is 0 Å². The molecule has 60 valence electrons. The lowest BCUT2D eigenvalue weighted by Crippen LogP contribution is -1.90. The summed E-state index contributed by atoms with van der Waals surface area (Å²) in [5.41, 5.74) is 0.573. The van der Waals surface area contributed by atoms with Gasteiger partial charge in [0.15, 0.2) is 6.26 Å². The van der Waals surface area contributed by atoms with Gasteiger partial charge >= 0.3 is 0 Å². The van der Waals surface area contributed by atoms with Crippen molar-refractivity contribution >= 4 is 6.26 Å². The zero-order chi connectivity index (χ0) is 9.84. The van der Waals surface area contributed by atoms with Crippen LogP contribution in [0, 0.1) is 11.3 Å². The van der Waals surface area contributed by atoms with Crippen molar-refractivity contribution in [3.8, 4) is 11.8 Å². The summed E-state index contributed by atoms with van der Waals surface area (Å²) >= 11 is 0. The summed E-state index contributed by atoms with van der Waals surface area (Å²) in [5.74, 6) is 0.263. The molecule has 12 heavy (non-hydrogen) atoms. The second-order valence-electron chi connectivity index (χ2n) is 2.13. The number of hydrogen-bond acceptors (Lipinski definition) is 3. The molecule has 0 aliphatic heterocycles. The van der Waals surface area contributed by atoms with E-state index < -0.39 is 6.26 Å². The Balaban J connectivity index is 3.25. The maximum Gasteiger partial charge on any atom is 0.153 e. The molecule has 1 aromatic carbocycles. The molecule has 0 atom stereocenters. The first-order chi connectivity index (χ1) is 6.19. The summed E-state index contributed by atoms with van der Waals surface area (Å²) in [6, 6.07) is 6.23. The van der Waals surface area contributed by atoms with E-state index >= 15 is 0 Å². The number of nitriles is 1. The van der Waals surface area contributed by atoms with Crippen molar-refractivity contribution in [2.45, 2.75) is 0 Å². The van der Waals surface area contributed by atoms with Crippen molar-refractivity contribution in [3.63, 3.8) is 0 Å². The number of rotatable bonds is 2. The third kappa shape index (κ3) is 1.43. The van der Waals surface area contributed by atoms with Crippen LogP contribution < -0.4 is 4.74 Å². The van der Waals surface area contributed by atoms with Crippen molar-refractivity contribution in [2.24, 2.45) is 0 Å². The van der Waals surface area contributed by atoms with Gasteiger partial charge < -0.3 is 4.74 Å². The maximum absolute atomic E-state index is 10.7. The van der Waals surface area contributed by atoms with Gasteiger partial charge in [0.2, 0.25) is 0 Å². The van der Waals surface area contributed by atoms with Crippen molar-refractivity contribution in [1.82, 2.24) is 0 Å². The highest BCUT2D eigenvalue weighted by Crippen LogP contribution is 2.17. The zero-order valence-electron chi connectivity index (χ0n) is 7.50. The minimum atomic E-state index is -0.818. The van der Waals surface area contributed by atoms with Crippen molar-refractivity contribution < 1.29 is 10.9 Å². The summed E-state index contributed by atoms with van der Waals surface area (Å²) < 4.78 is 11.7. The van der Waals surface area contributed by atoms with E-state index in [-0.39, 0.29) is 11.3 Å². The van der Waals surface area contributed by atoms with E-state index in [1.807, 2.05) is 6.07 Å². The Morgan fingerprint density at radius 1 is 1.75 bits per heavy atom. The second kappa shape index (κ2) is 3.54. The molecule has 0 fully saturated rings. The summed E-state index contributed by atoms with van der Waals surface area (Å²) in [4.78, 5) is 10.7. The number of aldehydes is 1. The molecule has 3 heteroatoms. The van der Waals surface area contributed by atoms with Gasteiger partial charge in [-0.25, -0.2) is 0 Å². The van der Waals surface area contributed by atoms with Gasteiger partial charge in [-0.15, -0.1) is 0 Å². The van der Waals surface area contributed by atoms with Crippen LogP contribution in [0.3, 0.4) is 0 Å². The average Bonchev–Trinajstić information content (AvgIpc) is 2.16. The molecule has 1 rings (SSSR count). The molecule has 0 aliphatic rings. The molecule has 3 nitrogen and oxygen atoms in total. The lowest BCUT2D eigenvalue weighted by Gasteiger charge is -2.01. The first-order valence-electron chi connectivity index (χ1n) is 3.78. The fourth-order valence-electron chi connectivity index (χ4n) is 0.845. The van der Waals surface area contributed by atoms with Crippen LogP contribution in [0.5, 0.6) is 5.75 Å². The Bertz CT molecular complexity index is 382. The average molecular weight is 162 g/mol. The highest BCUT2D eigenvalue weighted by atomic mass is 16.5. The highest BCUT2D eigenvalue weighted by Gasteiger charge is 2.01. The van der Waals surface area contributed by atoms with Crippen LogP contribution in [0.15, 0.2) is 18.2 Å². The van der Waals surface area contributed by atoms with Crippen LogP contribution >= 0.6 is 0 Å². The Labute approximate surface area is 71.6 Å². The molecule has 0 N–H and O–H groups in total. The van der Waals surface area contributed by atoms with Gasteiger partial charge in [-0.3, -0.25) is 4.79 Å². The quantitative estimate of drug-likeness (QED) is 0.617. The molecule has 0 heterocycles. The fraction of sp³-hybridized carbons (Fsp3) is 0.111. The van der Waals surface area contributed by atoms with Crippen molar-refractivity contribution in [2.75, 3.05) is 7.11 Å². The Kier molecular flexibility index (Phi) is 2.02. The zero-order valence-corrected chi connectivity index (χ0v) is 6.50. The molecule has 0 radical (unpaired) electrons. The second-order valence-corrected chi connectivity index (χ2v) is 2.13. The van der Waals surface area contributed by atoms with E-state index in [4.69, 9.17) is 11.4 Å². The smallest absolute Gasteiger partial charge is 0.153 e. The normalized spacial score (nSPS) is 9.83. The van der Waals surface area contributed by atoms with Gasteiger partial charge in [0.1, 0.15) is 7.12 Å². The molecular formula is C9H7NO2. The fourth-order valence-corrected chi connectivity index (χ4v) is 0.845. The Morgan fingerprint density at radius 2 is 2.50 bits per heavy atom. The van der Waals surface area contributed by atoms with E-state index in [1.165, 1.54) is 25.3 Å². The summed E-state index contributed by atoms with van der Waals surface area (Å²) in [6.45, 7) is 0. The monoisotopic (exact) mass is 162 g/mol. The van der Waals surface area contributed by atoms with E-state index in [0.717, 1.165) is 0 Å². The molecule has 0 saturated carbocycles. The molecule has 0 amide bonds. The highest BCUT2D eigenvalue weighted by molar-refractivity contribution is 5.79. The third-order valence-electron chi connectivity index (χ3n) is 1.44.